The van der Waals surface area contributed by atoms with Gasteiger partial charge in [-0.2, -0.15) is 0 Å². The third-order valence-corrected chi connectivity index (χ3v) is 11.8. The van der Waals surface area contributed by atoms with E-state index in [4.69, 9.17) is 23.3 Å². The predicted octanol–water partition coefficient (Wildman–Crippen LogP) is 16.0. The number of hydrogen-bond donors (Lipinski definition) is 2. The normalized spacial score (nSPS) is 14.3. The standard InChI is InChI=1S/C60H97O11P/c1-4-7-10-13-16-19-22-25-27-28-30-33-36-39-42-45-48-51-60(64)71-57(53-67-58(62)49-46-43-40-37-34-31-24-21-18-15-12-9-6-3)55-69-72(65,66)68-54-56(52-61)70-59(63)50-47-44-41-38-35-32-29-26-23-20-17-14-11-8-5-2/h8-9,11-12,16-21,25-27,29,31,34-35,38,40,43,56-57,61H,4-7,10,13-15,22-24,28,30,32-33,36-37,39,41-42,44-55H2,1-3H3,(H,65,66)/b11-8-,12-9-,19-16-,20-17-,21-18-,27-25-,29-26-,34-31-,38-35-,43-40-. The molecule has 0 aliphatic rings. The molecular formula is C60H97O11P. The molecule has 408 valence electrons. The highest BCUT2D eigenvalue weighted by Gasteiger charge is 2.28. The van der Waals surface area contributed by atoms with Crippen LogP contribution in [0.2, 0.25) is 0 Å². The van der Waals surface area contributed by atoms with Gasteiger partial charge < -0.3 is 24.2 Å². The number of esters is 3. The number of carbonyl (C=O) groups is 3. The fourth-order valence-corrected chi connectivity index (χ4v) is 7.53. The second-order valence-corrected chi connectivity index (χ2v) is 19.1. The number of phosphoric acid groups is 1. The van der Waals surface area contributed by atoms with E-state index in [1.54, 1.807) is 0 Å². The van der Waals surface area contributed by atoms with Crippen LogP contribution in [0.5, 0.6) is 0 Å². The molecule has 0 rings (SSSR count). The molecule has 0 aliphatic heterocycles. The molecule has 72 heavy (non-hydrogen) atoms. The van der Waals surface area contributed by atoms with Gasteiger partial charge in [-0.3, -0.25) is 23.4 Å². The van der Waals surface area contributed by atoms with Gasteiger partial charge in [-0.1, -0.05) is 187 Å². The van der Waals surface area contributed by atoms with Gasteiger partial charge in [-0.05, 0) is 116 Å². The molecule has 0 aliphatic carbocycles. The molecule has 0 amide bonds. The lowest BCUT2D eigenvalue weighted by molar-refractivity contribution is -0.161. The summed E-state index contributed by atoms with van der Waals surface area (Å²) in [6.45, 7) is 4.22. The summed E-state index contributed by atoms with van der Waals surface area (Å²) in [6.07, 6.45) is 64.7. The maximum atomic E-state index is 12.9. The summed E-state index contributed by atoms with van der Waals surface area (Å²) in [5.74, 6) is -1.63. The third-order valence-electron chi connectivity index (χ3n) is 10.9. The van der Waals surface area contributed by atoms with Crippen LogP contribution in [0.25, 0.3) is 0 Å². The van der Waals surface area contributed by atoms with Crippen LogP contribution >= 0.6 is 7.82 Å². The van der Waals surface area contributed by atoms with Gasteiger partial charge in [0.25, 0.3) is 0 Å². The number of unbranched alkanes of at least 4 members (excludes halogenated alkanes) is 12. The minimum Gasteiger partial charge on any atom is -0.462 e. The molecule has 0 heterocycles. The Hall–Kier alpha value is -4.12. The van der Waals surface area contributed by atoms with E-state index < -0.39 is 57.8 Å². The summed E-state index contributed by atoms with van der Waals surface area (Å²) >= 11 is 0. The summed E-state index contributed by atoms with van der Waals surface area (Å²) in [5.41, 5.74) is 0. The van der Waals surface area contributed by atoms with Gasteiger partial charge >= 0.3 is 25.7 Å². The molecule has 0 spiro atoms. The molecule has 0 saturated heterocycles. The van der Waals surface area contributed by atoms with Crippen LogP contribution in [0, 0.1) is 0 Å². The van der Waals surface area contributed by atoms with Crippen LogP contribution in [-0.4, -0.2) is 66.5 Å². The number of allylic oxidation sites excluding steroid dienone is 20. The summed E-state index contributed by atoms with van der Waals surface area (Å²) in [4.78, 5) is 48.4. The predicted molar refractivity (Wildman–Crippen MR) is 297 cm³/mol. The minimum absolute atomic E-state index is 0.0947. The summed E-state index contributed by atoms with van der Waals surface area (Å²) < 4.78 is 39.3. The molecule has 0 radical (unpaired) electrons. The average molecular weight is 1030 g/mol. The number of aliphatic hydroxyl groups excluding tert-OH is 1. The molecule has 0 fully saturated rings. The molecule has 0 aromatic carbocycles. The molecule has 3 unspecified atom stereocenters. The lowest BCUT2D eigenvalue weighted by Gasteiger charge is -2.21. The van der Waals surface area contributed by atoms with Gasteiger partial charge in [0, 0.05) is 19.3 Å². The van der Waals surface area contributed by atoms with Crippen molar-refractivity contribution in [2.75, 3.05) is 26.4 Å². The second-order valence-electron chi connectivity index (χ2n) is 17.6. The van der Waals surface area contributed by atoms with Crippen LogP contribution in [0.1, 0.15) is 201 Å². The zero-order valence-corrected chi connectivity index (χ0v) is 45.7. The van der Waals surface area contributed by atoms with E-state index in [2.05, 4.69) is 130 Å². The maximum Gasteiger partial charge on any atom is 0.472 e. The SMILES string of the molecule is CC/C=C\C/C=C\C/C=C\C/C=C\CCCCC(=O)OC(CO)COP(=O)(O)OCC(COC(=O)CC/C=C\C/C=C\C/C=C\C/C=C\CC)OC(=O)CCCCCCCCC/C=C\C/C=C\CCCCC. The van der Waals surface area contributed by atoms with Crippen molar-refractivity contribution in [3.05, 3.63) is 122 Å². The van der Waals surface area contributed by atoms with Gasteiger partial charge in [-0.25, -0.2) is 4.57 Å². The van der Waals surface area contributed by atoms with Gasteiger partial charge in [0.2, 0.25) is 0 Å². The first-order valence-electron chi connectivity index (χ1n) is 27.4. The quantitative estimate of drug-likeness (QED) is 0.0197. The highest BCUT2D eigenvalue weighted by molar-refractivity contribution is 7.47. The molecule has 2 N–H and O–H groups in total. The lowest BCUT2D eigenvalue weighted by atomic mass is 10.1. The van der Waals surface area contributed by atoms with Crippen molar-refractivity contribution in [1.29, 1.82) is 0 Å². The summed E-state index contributed by atoms with van der Waals surface area (Å²) in [7, 11) is -4.78. The first-order chi connectivity index (χ1) is 35.2. The molecule has 0 bridgehead atoms. The van der Waals surface area contributed by atoms with Crippen LogP contribution in [0.3, 0.4) is 0 Å². The Kier molecular flexibility index (Phi) is 50.1. The van der Waals surface area contributed by atoms with Crippen molar-refractivity contribution in [3.63, 3.8) is 0 Å². The topological polar surface area (TPSA) is 155 Å². The Morgan fingerprint density at radius 3 is 1.19 bits per heavy atom. The van der Waals surface area contributed by atoms with Gasteiger partial charge in [0.05, 0.1) is 19.8 Å². The number of rotatable bonds is 49. The Balaban J connectivity index is 4.86. The van der Waals surface area contributed by atoms with Crippen molar-refractivity contribution in [1.82, 2.24) is 0 Å². The van der Waals surface area contributed by atoms with Crippen molar-refractivity contribution in [3.8, 4) is 0 Å². The number of ether oxygens (including phenoxy) is 3. The minimum atomic E-state index is -4.78. The smallest absolute Gasteiger partial charge is 0.462 e. The van der Waals surface area contributed by atoms with E-state index in [-0.39, 0.29) is 25.9 Å². The van der Waals surface area contributed by atoms with Gasteiger partial charge in [0.1, 0.15) is 12.7 Å². The maximum absolute atomic E-state index is 12.9. The Morgan fingerprint density at radius 2 is 0.750 bits per heavy atom. The second kappa shape index (κ2) is 53.2. The fourth-order valence-electron chi connectivity index (χ4n) is 6.74. The van der Waals surface area contributed by atoms with Crippen LogP contribution in [0.4, 0.5) is 0 Å². The first kappa shape index (κ1) is 67.9. The number of aliphatic hydroxyl groups is 1. The zero-order valence-electron chi connectivity index (χ0n) is 44.8. The molecule has 0 aromatic rings. The van der Waals surface area contributed by atoms with E-state index in [0.29, 0.717) is 19.3 Å². The van der Waals surface area contributed by atoms with Gasteiger partial charge in [0.15, 0.2) is 6.10 Å². The van der Waals surface area contributed by atoms with E-state index >= 15 is 0 Å². The lowest BCUT2D eigenvalue weighted by Crippen LogP contribution is -2.30. The van der Waals surface area contributed by atoms with Crippen LogP contribution < -0.4 is 0 Å². The van der Waals surface area contributed by atoms with Crippen LogP contribution in [0.15, 0.2) is 122 Å². The number of phosphoric ester groups is 1. The van der Waals surface area contributed by atoms with Crippen molar-refractivity contribution < 1.29 is 52.2 Å². The molecule has 12 heteroatoms. The van der Waals surface area contributed by atoms with Crippen LogP contribution in [-0.2, 0) is 42.2 Å². The molecule has 0 saturated carbocycles. The monoisotopic (exact) mass is 1020 g/mol. The van der Waals surface area contributed by atoms with Crippen molar-refractivity contribution in [2.45, 2.75) is 213 Å². The number of carbonyl (C=O) groups excluding carboxylic acids is 3. The highest BCUT2D eigenvalue weighted by atomic mass is 31.2. The Labute approximate surface area is 437 Å². The van der Waals surface area contributed by atoms with E-state index in [1.807, 2.05) is 12.2 Å². The first-order valence-corrected chi connectivity index (χ1v) is 28.9. The molecular weight excluding hydrogens is 928 g/mol. The average Bonchev–Trinajstić information content (AvgIpc) is 3.37. The van der Waals surface area contributed by atoms with E-state index in [9.17, 15) is 28.9 Å². The fraction of sp³-hybridized carbons (Fsp3) is 0.617. The van der Waals surface area contributed by atoms with Gasteiger partial charge in [-0.15, -0.1) is 0 Å². The molecule has 11 nitrogen and oxygen atoms in total. The van der Waals surface area contributed by atoms with Crippen molar-refractivity contribution in [2.24, 2.45) is 0 Å². The zero-order chi connectivity index (χ0) is 52.7. The summed E-state index contributed by atoms with van der Waals surface area (Å²) in [5, 5.41) is 9.79. The molecule has 3 atom stereocenters. The summed E-state index contributed by atoms with van der Waals surface area (Å²) in [6, 6.07) is 0. The largest absolute Gasteiger partial charge is 0.472 e. The van der Waals surface area contributed by atoms with Crippen molar-refractivity contribution >= 4 is 25.7 Å². The van der Waals surface area contributed by atoms with E-state index in [0.717, 1.165) is 109 Å². The highest BCUT2D eigenvalue weighted by Crippen LogP contribution is 2.43. The molecule has 0 aromatic heterocycles. The number of hydrogen-bond acceptors (Lipinski definition) is 10. The third kappa shape index (κ3) is 50.8. The Bertz CT molecular complexity index is 1670. The van der Waals surface area contributed by atoms with E-state index in [1.165, 1.54) is 32.1 Å². The Morgan fingerprint density at radius 1 is 0.403 bits per heavy atom.